The smallest absolute Gasteiger partial charge is 0.407 e. The van der Waals surface area contributed by atoms with Gasteiger partial charge in [0.05, 0.1) is 26.2 Å². The van der Waals surface area contributed by atoms with Crippen molar-refractivity contribution in [2.75, 3.05) is 32.6 Å². The normalized spacial score (nSPS) is 26.6. The lowest BCUT2D eigenvalue weighted by Crippen LogP contribution is -2.68. The maximum Gasteiger partial charge on any atom is 0.407 e. The van der Waals surface area contributed by atoms with Gasteiger partial charge < -0.3 is 40.5 Å². The number of methoxy groups -OCH3 is 2. The third-order valence-electron chi connectivity index (χ3n) is 15.6. The first-order chi connectivity index (χ1) is 31.2. The van der Waals surface area contributed by atoms with Gasteiger partial charge in [0.25, 0.3) is 0 Å². The Morgan fingerprint density at radius 1 is 0.738 bits per heavy atom. The highest BCUT2D eigenvalue weighted by Crippen LogP contribution is 2.54. The molecule has 65 heavy (non-hydrogen) atoms. The molecule has 6 amide bonds. The van der Waals surface area contributed by atoms with E-state index in [1.165, 1.54) is 62.2 Å². The Hall–Kier alpha value is -5.18. The van der Waals surface area contributed by atoms with E-state index in [4.69, 9.17) is 9.47 Å². The van der Waals surface area contributed by atoms with Crippen LogP contribution in [0.2, 0.25) is 0 Å². The van der Waals surface area contributed by atoms with E-state index in [0.717, 1.165) is 50.5 Å². The Morgan fingerprint density at radius 2 is 1.35 bits per heavy atom. The van der Waals surface area contributed by atoms with E-state index in [9.17, 15) is 28.8 Å². The predicted octanol–water partition coefficient (Wildman–Crippen LogP) is 5.99. The number of amides is 6. The molecular formula is C50H69N7O8. The average molecular weight is 896 g/mol. The van der Waals surface area contributed by atoms with E-state index in [-0.39, 0.29) is 71.0 Å². The summed E-state index contributed by atoms with van der Waals surface area (Å²) in [6, 6.07) is 10.3. The number of carbonyl (C=O) groups excluding carboxylic acids is 6. The van der Waals surface area contributed by atoms with Gasteiger partial charge in [-0.2, -0.15) is 0 Å². The first-order valence-electron chi connectivity index (χ1n) is 24.1. The number of rotatable bonds is 11. The molecule has 0 radical (unpaired) electrons. The Morgan fingerprint density at radius 3 is 2.00 bits per heavy atom. The number of hydrogen-bond acceptors (Lipinski definition) is 9. The lowest BCUT2D eigenvalue weighted by molar-refractivity contribution is -0.139. The van der Waals surface area contributed by atoms with Crippen LogP contribution in [0.3, 0.4) is 0 Å². The Bertz CT molecular complexity index is 2140. The van der Waals surface area contributed by atoms with Crippen LogP contribution < -0.4 is 26.6 Å². The number of likely N-dealkylation sites (tertiary alicyclic amines) is 2. The minimum Gasteiger partial charge on any atom is -0.453 e. The summed E-state index contributed by atoms with van der Waals surface area (Å²) >= 11 is 0. The molecule has 15 nitrogen and oxygen atoms in total. The summed E-state index contributed by atoms with van der Waals surface area (Å²) in [4.78, 5) is 82.7. The highest BCUT2D eigenvalue weighted by molar-refractivity contribution is 5.99. The lowest BCUT2D eigenvalue weighted by atomic mass is 9.72. The fraction of sp³-hybridized carbons (Fsp3) is 0.640. The van der Waals surface area contributed by atoms with Crippen molar-refractivity contribution in [1.82, 2.24) is 31.1 Å². The summed E-state index contributed by atoms with van der Waals surface area (Å²) in [5, 5.41) is 15.5. The molecule has 1 spiro atoms. The van der Waals surface area contributed by atoms with Crippen LogP contribution >= 0.6 is 0 Å². The molecule has 8 rings (SSSR count). The summed E-state index contributed by atoms with van der Waals surface area (Å²) in [5.41, 5.74) is 7.51. The van der Waals surface area contributed by atoms with Crippen LogP contribution in [0.1, 0.15) is 121 Å². The molecule has 4 unspecified atom stereocenters. The lowest BCUT2D eigenvalue weighted by Gasteiger charge is -2.46. The van der Waals surface area contributed by atoms with Crippen molar-refractivity contribution >= 4 is 41.5 Å². The van der Waals surface area contributed by atoms with Crippen LogP contribution in [0.5, 0.6) is 0 Å². The number of anilines is 1. The van der Waals surface area contributed by atoms with Gasteiger partial charge in [-0.25, -0.2) is 9.59 Å². The second-order valence-corrected chi connectivity index (χ2v) is 20.3. The molecule has 2 saturated carbocycles. The molecule has 3 saturated heterocycles. The summed E-state index contributed by atoms with van der Waals surface area (Å²) < 4.78 is 9.56. The molecule has 3 aliphatic heterocycles. The first-order valence-corrected chi connectivity index (χ1v) is 24.1. The van der Waals surface area contributed by atoms with Gasteiger partial charge in [-0.1, -0.05) is 64.8 Å². The molecule has 2 aromatic carbocycles. The van der Waals surface area contributed by atoms with Crippen LogP contribution in [0, 0.1) is 23.2 Å². The number of fused-ring (bicyclic) bond motifs is 2. The van der Waals surface area contributed by atoms with Gasteiger partial charge in [-0.15, -0.1) is 0 Å². The minimum absolute atomic E-state index is 0.0157. The molecule has 5 fully saturated rings. The zero-order valence-electron chi connectivity index (χ0n) is 39.0. The van der Waals surface area contributed by atoms with Crippen molar-refractivity contribution in [2.24, 2.45) is 23.2 Å². The van der Waals surface area contributed by atoms with Crippen LogP contribution in [-0.4, -0.2) is 109 Å². The molecule has 6 aliphatic rings. The Balaban J connectivity index is 0.952. The van der Waals surface area contributed by atoms with Gasteiger partial charge in [0.1, 0.15) is 24.3 Å². The van der Waals surface area contributed by atoms with Gasteiger partial charge in [0.2, 0.25) is 23.6 Å². The summed E-state index contributed by atoms with van der Waals surface area (Å²) in [6.45, 7) is 8.53. The topological polar surface area (TPSA) is 188 Å². The predicted molar refractivity (Wildman–Crippen MR) is 246 cm³/mol. The summed E-state index contributed by atoms with van der Waals surface area (Å²) in [5.74, 6) is -0.872. The number of nitrogens with zero attached hydrogens (tertiary/aromatic N) is 2. The molecule has 3 heterocycles. The zero-order chi connectivity index (χ0) is 46.2. The van der Waals surface area contributed by atoms with Gasteiger partial charge in [0, 0.05) is 24.8 Å². The van der Waals surface area contributed by atoms with Crippen LogP contribution in [0.15, 0.2) is 36.4 Å². The van der Waals surface area contributed by atoms with Crippen molar-refractivity contribution in [1.29, 1.82) is 0 Å². The second-order valence-electron chi connectivity index (χ2n) is 20.3. The fourth-order valence-corrected chi connectivity index (χ4v) is 12.2. The number of hydrogen-bond donors (Lipinski definition) is 5. The van der Waals surface area contributed by atoms with Gasteiger partial charge >= 0.3 is 12.2 Å². The van der Waals surface area contributed by atoms with Crippen LogP contribution in [0.4, 0.5) is 15.3 Å². The quantitative estimate of drug-likeness (QED) is 0.181. The van der Waals surface area contributed by atoms with Crippen molar-refractivity contribution in [2.45, 2.75) is 153 Å². The maximum atomic E-state index is 14.1. The average Bonchev–Trinajstić information content (AvgIpc) is 4.14. The van der Waals surface area contributed by atoms with E-state index in [0.29, 0.717) is 31.6 Å². The summed E-state index contributed by atoms with van der Waals surface area (Å²) in [7, 11) is 2.55. The van der Waals surface area contributed by atoms with Crippen LogP contribution in [0.25, 0.3) is 11.1 Å². The third-order valence-corrected chi connectivity index (χ3v) is 15.6. The monoisotopic (exact) mass is 896 g/mol. The van der Waals surface area contributed by atoms with E-state index in [1.807, 2.05) is 44.7 Å². The van der Waals surface area contributed by atoms with Gasteiger partial charge in [-0.05, 0) is 134 Å². The van der Waals surface area contributed by atoms with Crippen LogP contribution in [-0.2, 0) is 41.5 Å². The van der Waals surface area contributed by atoms with Gasteiger partial charge in [0.15, 0.2) is 0 Å². The number of ether oxygens (including phenoxy) is 2. The first kappa shape index (κ1) is 46.4. The van der Waals surface area contributed by atoms with Gasteiger partial charge in [-0.3, -0.25) is 24.5 Å². The number of benzene rings is 2. The molecule has 352 valence electrons. The molecule has 8 atom stereocenters. The zero-order valence-corrected chi connectivity index (χ0v) is 39.0. The SMILES string of the molecule is COC(=O)N[C@H](C(=O)N1CCC[C@H]1C(=O)Nc1ccc(-c2ccc(C3CCC4NC([C@@H]5CCCN5C(=O)[C@@H](NC(=O)OC)C(C)C)NC(=O)C4C3)c3c2CC2(CCCC2)C3)cc1)C(C)C. The molecule has 2 aromatic rings. The van der Waals surface area contributed by atoms with E-state index in [2.05, 4.69) is 50.8 Å². The molecule has 3 aliphatic carbocycles. The van der Waals surface area contributed by atoms with E-state index >= 15 is 0 Å². The highest BCUT2D eigenvalue weighted by atomic mass is 16.5. The van der Waals surface area contributed by atoms with Crippen molar-refractivity contribution in [3.63, 3.8) is 0 Å². The molecule has 0 bridgehead atoms. The van der Waals surface area contributed by atoms with Crippen molar-refractivity contribution in [3.8, 4) is 11.1 Å². The summed E-state index contributed by atoms with van der Waals surface area (Å²) in [6.07, 6.45) is 10.8. The molecular weight excluding hydrogens is 827 g/mol. The van der Waals surface area contributed by atoms with E-state index in [1.54, 1.807) is 4.90 Å². The van der Waals surface area contributed by atoms with Crippen molar-refractivity contribution < 1.29 is 38.2 Å². The number of nitrogens with one attached hydrogen (secondary N) is 5. The largest absolute Gasteiger partial charge is 0.453 e. The number of carbonyl (C=O) groups is 6. The maximum absolute atomic E-state index is 14.1. The molecule has 5 N–H and O–H groups in total. The standard InChI is InChI=1S/C50H69N7O8/c1-28(2)41(53-48(62)64-5)46(60)56-23-9-11-39(56)43-52-38-20-15-31(25-35(38)44(58)55-43)34-19-18-33(36-26-50(27-37(34)36)21-7-8-22-50)30-13-16-32(17-14-30)51-45(59)40-12-10-24-57(40)47(61)42(29(3)4)54-49(63)65-6/h13-14,16-19,28-29,31,35,38-43,52H,7-12,15,20-27H2,1-6H3,(H,51,59)(H,53,62)(H,54,63)(H,55,58)/t31?,35?,38?,39-,40-,41-,42-,43?/m0/s1. The highest BCUT2D eigenvalue weighted by Gasteiger charge is 2.48. The number of alkyl carbamates (subject to hydrolysis) is 2. The fourth-order valence-electron chi connectivity index (χ4n) is 12.2. The molecule has 0 aromatic heterocycles. The Labute approximate surface area is 383 Å². The third kappa shape index (κ3) is 9.44. The minimum atomic E-state index is -0.796. The van der Waals surface area contributed by atoms with Crippen molar-refractivity contribution in [3.05, 3.63) is 53.1 Å². The Kier molecular flexibility index (Phi) is 13.8. The van der Waals surface area contributed by atoms with E-state index < -0.39 is 30.3 Å². The second kappa shape index (κ2) is 19.3. The molecule has 15 heteroatoms.